The highest BCUT2D eigenvalue weighted by Gasteiger charge is 2.07. The van der Waals surface area contributed by atoms with Crippen molar-refractivity contribution in [3.8, 4) is 0 Å². The minimum absolute atomic E-state index is 0.168. The summed E-state index contributed by atoms with van der Waals surface area (Å²) in [6.07, 6.45) is 1.83. The maximum Gasteiger partial charge on any atom is 0.251 e. The van der Waals surface area contributed by atoms with Crippen molar-refractivity contribution in [3.05, 3.63) is 71.2 Å². The Bertz CT molecular complexity index is 807. The van der Waals surface area contributed by atoms with Crippen molar-refractivity contribution in [1.82, 2.24) is 10.3 Å². The zero-order chi connectivity index (χ0) is 14.8. The van der Waals surface area contributed by atoms with Gasteiger partial charge < -0.3 is 10.3 Å². The number of carbonyl (C=O) groups excluding carboxylic acids is 1. The molecule has 0 aliphatic carbocycles. The van der Waals surface area contributed by atoms with E-state index in [9.17, 15) is 9.18 Å². The second-order valence-corrected chi connectivity index (χ2v) is 5.05. The molecular weight excluding hydrogens is 267 g/mol. The molecule has 106 valence electrons. The van der Waals surface area contributed by atoms with Crippen LogP contribution in [0.3, 0.4) is 0 Å². The highest BCUT2D eigenvalue weighted by Crippen LogP contribution is 2.14. The highest BCUT2D eigenvalue weighted by atomic mass is 19.1. The first-order valence-electron chi connectivity index (χ1n) is 6.74. The molecule has 0 saturated heterocycles. The average molecular weight is 282 g/mol. The molecule has 3 rings (SSSR count). The number of halogens is 1. The van der Waals surface area contributed by atoms with Crippen molar-refractivity contribution >= 4 is 16.8 Å². The van der Waals surface area contributed by atoms with Crippen LogP contribution in [0.1, 0.15) is 21.5 Å². The van der Waals surface area contributed by atoms with E-state index in [1.807, 2.05) is 30.5 Å². The van der Waals surface area contributed by atoms with Crippen LogP contribution in [-0.2, 0) is 6.54 Å². The summed E-state index contributed by atoms with van der Waals surface area (Å²) in [7, 11) is 0. The Labute approximate surface area is 121 Å². The number of nitrogens with one attached hydrogen (secondary N) is 2. The third-order valence-electron chi connectivity index (χ3n) is 3.50. The topological polar surface area (TPSA) is 44.9 Å². The Morgan fingerprint density at radius 2 is 2.05 bits per heavy atom. The van der Waals surface area contributed by atoms with Gasteiger partial charge in [0, 0.05) is 29.2 Å². The fraction of sp³-hybridized carbons (Fsp3) is 0.118. The van der Waals surface area contributed by atoms with Crippen LogP contribution in [0.5, 0.6) is 0 Å². The summed E-state index contributed by atoms with van der Waals surface area (Å²) in [6, 6.07) is 12.4. The van der Waals surface area contributed by atoms with Gasteiger partial charge in [-0.1, -0.05) is 12.1 Å². The smallest absolute Gasteiger partial charge is 0.251 e. The lowest BCUT2D eigenvalue weighted by atomic mass is 10.1. The Balaban J connectivity index is 1.72. The van der Waals surface area contributed by atoms with Gasteiger partial charge in [-0.2, -0.15) is 0 Å². The van der Waals surface area contributed by atoms with Crippen molar-refractivity contribution in [2.24, 2.45) is 0 Å². The maximum atomic E-state index is 13.4. The van der Waals surface area contributed by atoms with E-state index in [4.69, 9.17) is 0 Å². The van der Waals surface area contributed by atoms with Crippen molar-refractivity contribution < 1.29 is 9.18 Å². The number of aryl methyl sites for hydroxylation is 1. The molecule has 0 bridgehead atoms. The molecule has 0 unspecified atom stereocenters. The first-order chi connectivity index (χ1) is 10.1. The molecule has 1 heterocycles. The summed E-state index contributed by atoms with van der Waals surface area (Å²) in [5.41, 5.74) is 2.93. The van der Waals surface area contributed by atoms with E-state index >= 15 is 0 Å². The van der Waals surface area contributed by atoms with E-state index in [1.165, 1.54) is 6.07 Å². The summed E-state index contributed by atoms with van der Waals surface area (Å²) in [5, 5.41) is 3.79. The SMILES string of the molecule is Cc1ccc(CNC(=O)c2ccc3[nH]ccc3c2)cc1F. The van der Waals surface area contributed by atoms with Gasteiger partial charge in [0.1, 0.15) is 5.82 Å². The molecule has 0 aliphatic heterocycles. The number of hydrogen-bond donors (Lipinski definition) is 2. The van der Waals surface area contributed by atoms with Crippen LogP contribution >= 0.6 is 0 Å². The van der Waals surface area contributed by atoms with Crippen LogP contribution in [0.4, 0.5) is 4.39 Å². The lowest BCUT2D eigenvalue weighted by molar-refractivity contribution is 0.0951. The van der Waals surface area contributed by atoms with E-state index in [1.54, 1.807) is 19.1 Å². The van der Waals surface area contributed by atoms with Gasteiger partial charge in [0.05, 0.1) is 0 Å². The Morgan fingerprint density at radius 3 is 2.86 bits per heavy atom. The molecule has 1 amide bonds. The maximum absolute atomic E-state index is 13.4. The molecule has 2 N–H and O–H groups in total. The number of benzene rings is 2. The van der Waals surface area contributed by atoms with E-state index in [-0.39, 0.29) is 11.7 Å². The summed E-state index contributed by atoms with van der Waals surface area (Å²) >= 11 is 0. The Kier molecular flexibility index (Phi) is 3.44. The van der Waals surface area contributed by atoms with Crippen LogP contribution in [0, 0.1) is 12.7 Å². The van der Waals surface area contributed by atoms with Crippen molar-refractivity contribution in [3.63, 3.8) is 0 Å². The Morgan fingerprint density at radius 1 is 1.19 bits per heavy atom. The molecule has 3 nitrogen and oxygen atoms in total. The van der Waals surface area contributed by atoms with Crippen LogP contribution < -0.4 is 5.32 Å². The van der Waals surface area contributed by atoms with Gasteiger partial charge in [-0.15, -0.1) is 0 Å². The normalized spacial score (nSPS) is 10.8. The molecule has 2 aromatic carbocycles. The lowest BCUT2D eigenvalue weighted by Crippen LogP contribution is -2.22. The summed E-state index contributed by atoms with van der Waals surface area (Å²) in [5.74, 6) is -0.422. The van der Waals surface area contributed by atoms with Gasteiger partial charge in [0.15, 0.2) is 0 Å². The van der Waals surface area contributed by atoms with Gasteiger partial charge in [-0.25, -0.2) is 4.39 Å². The molecule has 21 heavy (non-hydrogen) atoms. The quantitative estimate of drug-likeness (QED) is 0.758. The first kappa shape index (κ1) is 13.4. The summed E-state index contributed by atoms with van der Waals surface area (Å²) in [4.78, 5) is 15.2. The van der Waals surface area contributed by atoms with Crippen LogP contribution in [0.2, 0.25) is 0 Å². The summed E-state index contributed by atoms with van der Waals surface area (Å²) in [6.45, 7) is 2.02. The van der Waals surface area contributed by atoms with E-state index in [0.717, 1.165) is 16.5 Å². The number of H-pyrrole nitrogens is 1. The third-order valence-corrected chi connectivity index (χ3v) is 3.50. The predicted octanol–water partition coefficient (Wildman–Crippen LogP) is 3.55. The zero-order valence-corrected chi connectivity index (χ0v) is 11.6. The molecule has 0 aliphatic rings. The average Bonchev–Trinajstić information content (AvgIpc) is 2.95. The molecule has 4 heteroatoms. The molecule has 0 saturated carbocycles. The monoisotopic (exact) mass is 282 g/mol. The van der Waals surface area contributed by atoms with Crippen LogP contribution in [0.25, 0.3) is 10.9 Å². The fourth-order valence-electron chi connectivity index (χ4n) is 2.23. The Hall–Kier alpha value is -2.62. The minimum Gasteiger partial charge on any atom is -0.361 e. The van der Waals surface area contributed by atoms with Crippen molar-refractivity contribution in [2.75, 3.05) is 0 Å². The van der Waals surface area contributed by atoms with E-state index < -0.39 is 0 Å². The molecular formula is C17H15FN2O. The number of amides is 1. The molecule has 3 aromatic rings. The summed E-state index contributed by atoms with van der Waals surface area (Å²) < 4.78 is 13.4. The van der Waals surface area contributed by atoms with Crippen molar-refractivity contribution in [1.29, 1.82) is 0 Å². The largest absolute Gasteiger partial charge is 0.361 e. The van der Waals surface area contributed by atoms with Gasteiger partial charge in [0.25, 0.3) is 5.91 Å². The highest BCUT2D eigenvalue weighted by molar-refractivity contribution is 5.98. The predicted molar refractivity (Wildman–Crippen MR) is 80.6 cm³/mol. The number of rotatable bonds is 3. The molecule has 0 atom stereocenters. The standard InChI is InChI=1S/C17H15FN2O/c1-11-2-3-12(8-15(11)18)10-20-17(21)14-4-5-16-13(9-14)6-7-19-16/h2-9,19H,10H2,1H3,(H,20,21). The first-order valence-corrected chi connectivity index (χ1v) is 6.74. The van der Waals surface area contributed by atoms with Crippen molar-refractivity contribution in [2.45, 2.75) is 13.5 Å². The van der Waals surface area contributed by atoms with Gasteiger partial charge >= 0.3 is 0 Å². The second kappa shape index (κ2) is 5.40. The third kappa shape index (κ3) is 2.79. The number of aromatic amines is 1. The minimum atomic E-state index is -0.254. The van der Waals surface area contributed by atoms with Gasteiger partial charge in [0.2, 0.25) is 0 Å². The van der Waals surface area contributed by atoms with Crippen LogP contribution in [-0.4, -0.2) is 10.9 Å². The van der Waals surface area contributed by atoms with E-state index in [0.29, 0.717) is 17.7 Å². The molecule has 0 radical (unpaired) electrons. The molecule has 0 fully saturated rings. The number of carbonyl (C=O) groups is 1. The van der Waals surface area contributed by atoms with Gasteiger partial charge in [-0.3, -0.25) is 4.79 Å². The van der Waals surface area contributed by atoms with Crippen LogP contribution in [0.15, 0.2) is 48.7 Å². The van der Waals surface area contributed by atoms with E-state index in [2.05, 4.69) is 10.3 Å². The number of fused-ring (bicyclic) bond motifs is 1. The molecule has 0 spiro atoms. The van der Waals surface area contributed by atoms with Gasteiger partial charge in [-0.05, 0) is 48.4 Å². The zero-order valence-electron chi connectivity index (χ0n) is 11.6. The second-order valence-electron chi connectivity index (χ2n) is 5.05. The lowest BCUT2D eigenvalue weighted by Gasteiger charge is -2.07. The number of hydrogen-bond acceptors (Lipinski definition) is 1. The fourth-order valence-corrected chi connectivity index (χ4v) is 2.23. The number of aromatic nitrogens is 1. The molecule has 1 aromatic heterocycles.